The molecule has 0 bridgehead atoms. The predicted octanol–water partition coefficient (Wildman–Crippen LogP) is 1.31. The number of amides is 1. The predicted molar refractivity (Wildman–Crippen MR) is 78.5 cm³/mol. The third kappa shape index (κ3) is 4.26. The number of nitrogens with zero attached hydrogens (tertiary/aromatic N) is 1. The summed E-state index contributed by atoms with van der Waals surface area (Å²) in [7, 11) is 0. The number of likely N-dealkylation sites (tertiary alicyclic amines) is 1. The van der Waals surface area contributed by atoms with Crippen LogP contribution in [0.3, 0.4) is 0 Å². The van der Waals surface area contributed by atoms with Crippen molar-refractivity contribution >= 4 is 30.7 Å². The first-order valence-corrected chi connectivity index (χ1v) is 6.23. The average molecular weight is 298 g/mol. The van der Waals surface area contributed by atoms with Crippen molar-refractivity contribution in [3.8, 4) is 0 Å². The summed E-state index contributed by atoms with van der Waals surface area (Å²) in [5.74, 6) is -0.0395. The highest BCUT2D eigenvalue weighted by molar-refractivity contribution is 5.86. The van der Waals surface area contributed by atoms with Gasteiger partial charge in [-0.25, -0.2) is 0 Å². The van der Waals surface area contributed by atoms with Gasteiger partial charge in [0, 0.05) is 24.7 Å². The van der Waals surface area contributed by atoms with Gasteiger partial charge in [0.1, 0.15) is 0 Å². The molecule has 0 spiro atoms. The molecule has 1 amide bonds. The summed E-state index contributed by atoms with van der Waals surface area (Å²) >= 11 is 0. The van der Waals surface area contributed by atoms with E-state index in [2.05, 4.69) is 17.1 Å². The minimum Gasteiger partial charge on any atom is -0.350 e. The second-order valence-electron chi connectivity index (χ2n) is 5.90. The highest BCUT2D eigenvalue weighted by Gasteiger charge is 2.39. The SMILES string of the molecule is CC1CC(NC(=O)C(C)(C)N)CN1C1CC1.Cl.Cl. The number of hydrogen-bond acceptors (Lipinski definition) is 3. The summed E-state index contributed by atoms with van der Waals surface area (Å²) in [6.07, 6.45) is 3.71. The standard InChI is InChI=1S/C12H23N3O.2ClH/c1-8-6-9(7-15(8)10-4-5-10)14-11(16)12(2,3)13;;/h8-10H,4-7,13H2,1-3H3,(H,14,16);2*1H. The average Bonchev–Trinajstić information content (AvgIpc) is 2.90. The maximum atomic E-state index is 11.8. The van der Waals surface area contributed by atoms with Gasteiger partial charge < -0.3 is 11.1 Å². The fourth-order valence-electron chi connectivity index (χ4n) is 2.45. The van der Waals surface area contributed by atoms with Crippen LogP contribution in [-0.2, 0) is 4.79 Å². The maximum absolute atomic E-state index is 11.8. The first-order valence-electron chi connectivity index (χ1n) is 6.23. The van der Waals surface area contributed by atoms with Crippen LogP contribution in [0.15, 0.2) is 0 Å². The Kier molecular flexibility index (Phi) is 6.41. The zero-order chi connectivity index (χ0) is 11.9. The highest BCUT2D eigenvalue weighted by Crippen LogP contribution is 2.33. The minimum atomic E-state index is -0.768. The molecule has 0 radical (unpaired) electrons. The molecule has 2 fully saturated rings. The van der Waals surface area contributed by atoms with Crippen LogP contribution in [0, 0.1) is 0 Å². The minimum absolute atomic E-state index is 0. The van der Waals surface area contributed by atoms with Gasteiger partial charge in [0.05, 0.1) is 5.54 Å². The fourth-order valence-corrected chi connectivity index (χ4v) is 2.45. The molecule has 18 heavy (non-hydrogen) atoms. The van der Waals surface area contributed by atoms with Crippen molar-refractivity contribution < 1.29 is 4.79 Å². The molecule has 2 unspecified atom stereocenters. The Morgan fingerprint density at radius 3 is 2.33 bits per heavy atom. The first-order chi connectivity index (χ1) is 7.38. The summed E-state index contributed by atoms with van der Waals surface area (Å²) in [4.78, 5) is 14.3. The van der Waals surface area contributed by atoms with Gasteiger partial charge in [-0.3, -0.25) is 9.69 Å². The second kappa shape index (κ2) is 6.42. The van der Waals surface area contributed by atoms with Crippen molar-refractivity contribution in [1.29, 1.82) is 0 Å². The van der Waals surface area contributed by atoms with E-state index in [1.54, 1.807) is 13.8 Å². The molecule has 1 aliphatic heterocycles. The smallest absolute Gasteiger partial charge is 0.239 e. The Morgan fingerprint density at radius 1 is 1.33 bits per heavy atom. The van der Waals surface area contributed by atoms with Crippen LogP contribution in [0.4, 0.5) is 0 Å². The zero-order valence-corrected chi connectivity index (χ0v) is 12.9. The van der Waals surface area contributed by atoms with Crippen molar-refractivity contribution in [2.45, 2.75) is 63.7 Å². The molecule has 2 aliphatic rings. The molecule has 0 aromatic rings. The Hall–Kier alpha value is -0.0300. The van der Waals surface area contributed by atoms with Gasteiger partial charge in [-0.1, -0.05) is 0 Å². The van der Waals surface area contributed by atoms with Crippen LogP contribution in [0.25, 0.3) is 0 Å². The topological polar surface area (TPSA) is 58.4 Å². The molecule has 1 saturated heterocycles. The quantitative estimate of drug-likeness (QED) is 0.826. The largest absolute Gasteiger partial charge is 0.350 e. The molecule has 6 heteroatoms. The van der Waals surface area contributed by atoms with E-state index in [1.165, 1.54) is 12.8 Å². The van der Waals surface area contributed by atoms with Crippen LogP contribution in [-0.4, -0.2) is 41.0 Å². The van der Waals surface area contributed by atoms with E-state index in [1.807, 2.05) is 0 Å². The number of halogens is 2. The van der Waals surface area contributed by atoms with E-state index < -0.39 is 5.54 Å². The lowest BCUT2D eigenvalue weighted by atomic mass is 10.1. The maximum Gasteiger partial charge on any atom is 0.239 e. The van der Waals surface area contributed by atoms with E-state index in [0.717, 1.165) is 19.0 Å². The van der Waals surface area contributed by atoms with Crippen molar-refractivity contribution in [3.05, 3.63) is 0 Å². The number of nitrogens with two attached hydrogens (primary N) is 1. The number of carbonyl (C=O) groups excluding carboxylic acids is 1. The van der Waals surface area contributed by atoms with Gasteiger partial charge >= 0.3 is 0 Å². The van der Waals surface area contributed by atoms with Crippen LogP contribution in [0.5, 0.6) is 0 Å². The number of hydrogen-bond donors (Lipinski definition) is 2. The van der Waals surface area contributed by atoms with Crippen molar-refractivity contribution in [1.82, 2.24) is 10.2 Å². The molecule has 3 N–H and O–H groups in total. The second-order valence-corrected chi connectivity index (χ2v) is 5.90. The Morgan fingerprint density at radius 2 is 1.89 bits per heavy atom. The molecule has 0 aromatic carbocycles. The lowest BCUT2D eigenvalue weighted by Crippen LogP contribution is -2.52. The summed E-state index contributed by atoms with van der Waals surface area (Å²) in [5.41, 5.74) is 5.01. The third-order valence-electron chi connectivity index (χ3n) is 3.56. The third-order valence-corrected chi connectivity index (χ3v) is 3.56. The number of nitrogens with one attached hydrogen (secondary N) is 1. The fraction of sp³-hybridized carbons (Fsp3) is 0.917. The molecule has 2 atom stereocenters. The Labute approximate surface area is 122 Å². The van der Waals surface area contributed by atoms with E-state index in [0.29, 0.717) is 6.04 Å². The normalized spacial score (nSPS) is 28.2. The van der Waals surface area contributed by atoms with Crippen LogP contribution in [0.1, 0.15) is 40.0 Å². The van der Waals surface area contributed by atoms with E-state index in [9.17, 15) is 4.79 Å². The molecule has 1 saturated carbocycles. The Balaban J connectivity index is 0.00000144. The van der Waals surface area contributed by atoms with Gasteiger partial charge in [-0.05, 0) is 40.0 Å². The zero-order valence-electron chi connectivity index (χ0n) is 11.3. The lowest BCUT2D eigenvalue weighted by molar-refractivity contribution is -0.125. The van der Waals surface area contributed by atoms with Gasteiger partial charge in [0.25, 0.3) is 0 Å². The molecule has 1 heterocycles. The molecule has 1 aliphatic carbocycles. The summed E-state index contributed by atoms with van der Waals surface area (Å²) in [6.45, 7) is 6.74. The molecule has 2 rings (SSSR count). The molecule has 4 nitrogen and oxygen atoms in total. The molecule has 0 aromatic heterocycles. The van der Waals surface area contributed by atoms with E-state index in [-0.39, 0.29) is 36.8 Å². The van der Waals surface area contributed by atoms with Crippen molar-refractivity contribution in [2.75, 3.05) is 6.54 Å². The number of rotatable bonds is 3. The Bertz CT molecular complexity index is 290. The van der Waals surface area contributed by atoms with Gasteiger partial charge in [-0.15, -0.1) is 24.8 Å². The highest BCUT2D eigenvalue weighted by atomic mass is 35.5. The molecular weight excluding hydrogens is 273 g/mol. The summed E-state index contributed by atoms with van der Waals surface area (Å²) < 4.78 is 0. The molecular formula is C12H25Cl2N3O. The van der Waals surface area contributed by atoms with Gasteiger partial charge in [0.2, 0.25) is 5.91 Å². The summed E-state index contributed by atoms with van der Waals surface area (Å²) in [6, 6.07) is 1.66. The van der Waals surface area contributed by atoms with Crippen molar-refractivity contribution in [2.24, 2.45) is 5.73 Å². The monoisotopic (exact) mass is 297 g/mol. The lowest BCUT2D eigenvalue weighted by Gasteiger charge is -2.22. The number of carbonyl (C=O) groups is 1. The van der Waals surface area contributed by atoms with Crippen LogP contribution in [0.2, 0.25) is 0 Å². The van der Waals surface area contributed by atoms with Crippen molar-refractivity contribution in [3.63, 3.8) is 0 Å². The van der Waals surface area contributed by atoms with E-state index >= 15 is 0 Å². The van der Waals surface area contributed by atoms with Crippen LogP contribution < -0.4 is 11.1 Å². The van der Waals surface area contributed by atoms with E-state index in [4.69, 9.17) is 5.73 Å². The van der Waals surface area contributed by atoms with Crippen LogP contribution >= 0.6 is 24.8 Å². The van der Waals surface area contributed by atoms with Gasteiger partial charge in [-0.2, -0.15) is 0 Å². The summed E-state index contributed by atoms with van der Waals surface area (Å²) in [5, 5.41) is 3.06. The van der Waals surface area contributed by atoms with Gasteiger partial charge in [0.15, 0.2) is 0 Å². The molecule has 108 valence electrons. The first kappa shape index (κ1) is 18.0.